The fourth-order valence-electron chi connectivity index (χ4n) is 0.992. The van der Waals surface area contributed by atoms with Gasteiger partial charge in [0.05, 0.1) is 6.54 Å². The van der Waals surface area contributed by atoms with Crippen molar-refractivity contribution in [1.29, 1.82) is 0 Å². The van der Waals surface area contributed by atoms with Gasteiger partial charge in [-0.2, -0.15) is 0 Å². The molecule has 0 aromatic carbocycles. The summed E-state index contributed by atoms with van der Waals surface area (Å²) in [5, 5.41) is 2.85. The molecule has 0 spiro atoms. The number of carbonyl (C=O) groups excluding carboxylic acids is 1. The topological polar surface area (TPSA) is 32.3 Å². The normalized spacial score (nSPS) is 9.73. The molecule has 0 aliphatic heterocycles. The molecule has 0 heterocycles. The van der Waals surface area contributed by atoms with Crippen molar-refractivity contribution in [2.24, 2.45) is 0 Å². The van der Waals surface area contributed by atoms with Gasteiger partial charge in [-0.05, 0) is 20.4 Å². The molecule has 1 amide bonds. The second-order valence-corrected chi connectivity index (χ2v) is 2.50. The Morgan fingerprint density at radius 2 is 2.09 bits per heavy atom. The van der Waals surface area contributed by atoms with Crippen molar-refractivity contribution in [2.75, 3.05) is 26.7 Å². The zero-order chi connectivity index (χ0) is 8.69. The Bertz CT molecular complexity index is 115. The molecule has 0 bridgehead atoms. The van der Waals surface area contributed by atoms with Gasteiger partial charge in [0.15, 0.2) is 0 Å². The van der Waals surface area contributed by atoms with Crippen LogP contribution >= 0.6 is 0 Å². The first-order valence-electron chi connectivity index (χ1n) is 4.18. The number of rotatable bonds is 5. The number of carbonyl (C=O) groups is 1. The van der Waals surface area contributed by atoms with Crippen LogP contribution in [-0.2, 0) is 4.79 Å². The van der Waals surface area contributed by atoms with E-state index in [0.717, 1.165) is 19.5 Å². The lowest BCUT2D eigenvalue weighted by Crippen LogP contribution is -2.37. The number of amides is 1. The molecule has 66 valence electrons. The van der Waals surface area contributed by atoms with Gasteiger partial charge in [0, 0.05) is 13.1 Å². The highest BCUT2D eigenvalue weighted by Crippen LogP contribution is 1.90. The van der Waals surface area contributed by atoms with Gasteiger partial charge in [-0.3, -0.25) is 4.79 Å². The van der Waals surface area contributed by atoms with Crippen molar-refractivity contribution in [3.63, 3.8) is 0 Å². The van der Waals surface area contributed by atoms with E-state index in [0.29, 0.717) is 6.54 Å². The number of likely N-dealkylation sites (N-methyl/N-ethyl adjacent to an activating group) is 2. The summed E-state index contributed by atoms with van der Waals surface area (Å²) in [6, 6.07) is 0. The summed E-state index contributed by atoms with van der Waals surface area (Å²) in [5.41, 5.74) is 0. The minimum Gasteiger partial charge on any atom is -0.342 e. The predicted octanol–water partition coefficient (Wildman–Crippen LogP) is 0.464. The SMILES string of the molecule is CCCN(CC)C(=O)CNC. The molecular formula is C8H18N2O. The Morgan fingerprint density at radius 3 is 2.45 bits per heavy atom. The molecule has 11 heavy (non-hydrogen) atoms. The first-order chi connectivity index (χ1) is 5.26. The molecule has 3 heteroatoms. The molecule has 0 rings (SSSR count). The summed E-state index contributed by atoms with van der Waals surface area (Å²) in [7, 11) is 1.79. The minimum atomic E-state index is 0.192. The fourth-order valence-corrected chi connectivity index (χ4v) is 0.992. The van der Waals surface area contributed by atoms with Gasteiger partial charge >= 0.3 is 0 Å². The Morgan fingerprint density at radius 1 is 1.45 bits per heavy atom. The van der Waals surface area contributed by atoms with Crippen molar-refractivity contribution in [2.45, 2.75) is 20.3 Å². The number of hydrogen-bond donors (Lipinski definition) is 1. The maximum absolute atomic E-state index is 11.2. The summed E-state index contributed by atoms with van der Waals surface area (Å²) in [6.45, 7) is 6.22. The van der Waals surface area contributed by atoms with E-state index in [1.807, 2.05) is 11.8 Å². The molecular weight excluding hydrogens is 140 g/mol. The van der Waals surface area contributed by atoms with Crippen LogP contribution in [0.2, 0.25) is 0 Å². The zero-order valence-corrected chi connectivity index (χ0v) is 7.68. The van der Waals surface area contributed by atoms with Crippen LogP contribution in [0.15, 0.2) is 0 Å². The van der Waals surface area contributed by atoms with Crippen molar-refractivity contribution in [1.82, 2.24) is 10.2 Å². The van der Waals surface area contributed by atoms with Crippen LogP contribution in [0.3, 0.4) is 0 Å². The summed E-state index contributed by atoms with van der Waals surface area (Å²) >= 11 is 0. The average Bonchev–Trinajstić information content (AvgIpc) is 2.00. The summed E-state index contributed by atoms with van der Waals surface area (Å²) in [5.74, 6) is 0.192. The molecule has 0 radical (unpaired) electrons. The second kappa shape index (κ2) is 6.16. The van der Waals surface area contributed by atoms with E-state index in [-0.39, 0.29) is 5.91 Å². The Kier molecular flexibility index (Phi) is 5.84. The summed E-state index contributed by atoms with van der Waals surface area (Å²) in [4.78, 5) is 13.1. The van der Waals surface area contributed by atoms with E-state index in [1.165, 1.54) is 0 Å². The van der Waals surface area contributed by atoms with Crippen LogP contribution in [0, 0.1) is 0 Å². The molecule has 0 saturated carbocycles. The van der Waals surface area contributed by atoms with Gasteiger partial charge in [-0.25, -0.2) is 0 Å². The van der Waals surface area contributed by atoms with E-state index in [9.17, 15) is 4.79 Å². The maximum atomic E-state index is 11.2. The molecule has 0 saturated heterocycles. The largest absolute Gasteiger partial charge is 0.342 e. The molecule has 0 unspecified atom stereocenters. The van der Waals surface area contributed by atoms with Crippen molar-refractivity contribution < 1.29 is 4.79 Å². The highest BCUT2D eigenvalue weighted by Gasteiger charge is 2.07. The molecule has 0 aromatic rings. The molecule has 0 atom stereocenters. The second-order valence-electron chi connectivity index (χ2n) is 2.50. The quantitative estimate of drug-likeness (QED) is 0.630. The van der Waals surface area contributed by atoms with E-state index in [4.69, 9.17) is 0 Å². The molecule has 1 N–H and O–H groups in total. The third-order valence-electron chi connectivity index (χ3n) is 1.56. The zero-order valence-electron chi connectivity index (χ0n) is 7.68. The first kappa shape index (κ1) is 10.4. The highest BCUT2D eigenvalue weighted by atomic mass is 16.2. The lowest BCUT2D eigenvalue weighted by atomic mass is 10.4. The van der Waals surface area contributed by atoms with E-state index < -0.39 is 0 Å². The van der Waals surface area contributed by atoms with Crippen molar-refractivity contribution in [3.8, 4) is 0 Å². The third-order valence-corrected chi connectivity index (χ3v) is 1.56. The predicted molar refractivity (Wildman–Crippen MR) is 46.5 cm³/mol. The number of nitrogens with one attached hydrogen (secondary N) is 1. The smallest absolute Gasteiger partial charge is 0.236 e. The van der Waals surface area contributed by atoms with Crippen LogP contribution in [0.25, 0.3) is 0 Å². The molecule has 3 nitrogen and oxygen atoms in total. The van der Waals surface area contributed by atoms with E-state index in [1.54, 1.807) is 7.05 Å². The molecule has 0 aliphatic rings. The summed E-state index contributed by atoms with van der Waals surface area (Å²) in [6.07, 6.45) is 1.03. The highest BCUT2D eigenvalue weighted by molar-refractivity contribution is 5.78. The molecule has 0 aromatic heterocycles. The van der Waals surface area contributed by atoms with Gasteiger partial charge in [0.2, 0.25) is 5.91 Å². The Hall–Kier alpha value is -0.570. The van der Waals surface area contributed by atoms with Crippen LogP contribution in [0.1, 0.15) is 20.3 Å². The van der Waals surface area contributed by atoms with Crippen LogP contribution < -0.4 is 5.32 Å². The van der Waals surface area contributed by atoms with Gasteiger partial charge in [0.1, 0.15) is 0 Å². The maximum Gasteiger partial charge on any atom is 0.236 e. The molecule has 0 fully saturated rings. The lowest BCUT2D eigenvalue weighted by molar-refractivity contribution is -0.129. The minimum absolute atomic E-state index is 0.192. The van der Waals surface area contributed by atoms with Gasteiger partial charge in [0.25, 0.3) is 0 Å². The number of hydrogen-bond acceptors (Lipinski definition) is 2. The first-order valence-corrected chi connectivity index (χ1v) is 4.18. The van der Waals surface area contributed by atoms with Crippen LogP contribution in [-0.4, -0.2) is 37.5 Å². The van der Waals surface area contributed by atoms with E-state index >= 15 is 0 Å². The monoisotopic (exact) mass is 158 g/mol. The van der Waals surface area contributed by atoms with Gasteiger partial charge < -0.3 is 10.2 Å². The average molecular weight is 158 g/mol. The summed E-state index contributed by atoms with van der Waals surface area (Å²) < 4.78 is 0. The van der Waals surface area contributed by atoms with Crippen molar-refractivity contribution >= 4 is 5.91 Å². The lowest BCUT2D eigenvalue weighted by Gasteiger charge is -2.19. The van der Waals surface area contributed by atoms with Crippen LogP contribution in [0.4, 0.5) is 0 Å². The van der Waals surface area contributed by atoms with Crippen LogP contribution in [0.5, 0.6) is 0 Å². The fraction of sp³-hybridized carbons (Fsp3) is 0.875. The molecule has 0 aliphatic carbocycles. The Balaban J connectivity index is 3.71. The van der Waals surface area contributed by atoms with E-state index in [2.05, 4.69) is 12.2 Å². The third kappa shape index (κ3) is 3.98. The van der Waals surface area contributed by atoms with Gasteiger partial charge in [-0.15, -0.1) is 0 Å². The number of nitrogens with zero attached hydrogens (tertiary/aromatic N) is 1. The van der Waals surface area contributed by atoms with Gasteiger partial charge in [-0.1, -0.05) is 6.92 Å². The van der Waals surface area contributed by atoms with Crippen molar-refractivity contribution in [3.05, 3.63) is 0 Å². The standard InChI is InChI=1S/C8H18N2O/c1-4-6-10(5-2)8(11)7-9-3/h9H,4-7H2,1-3H3. The Labute approximate surface area is 68.8 Å².